The predicted molar refractivity (Wildman–Crippen MR) is 215 cm³/mol. The van der Waals surface area contributed by atoms with E-state index in [1.165, 1.54) is 7.11 Å². The lowest BCUT2D eigenvalue weighted by Gasteiger charge is -2.18. The van der Waals surface area contributed by atoms with Crippen molar-refractivity contribution in [2.75, 3.05) is 33.5 Å². The molecule has 1 N–H and O–H groups in total. The van der Waals surface area contributed by atoms with Crippen molar-refractivity contribution in [1.82, 2.24) is 15.0 Å². The molecule has 0 unspecified atom stereocenters. The Balaban J connectivity index is 0.000000383. The molecule has 9 nitrogen and oxygen atoms in total. The Kier molecular flexibility index (Phi) is 21.2. The summed E-state index contributed by atoms with van der Waals surface area (Å²) in [6.45, 7) is 8.43. The van der Waals surface area contributed by atoms with Crippen LogP contribution in [0, 0.1) is 0 Å². The summed E-state index contributed by atoms with van der Waals surface area (Å²) in [5.41, 5.74) is -0.691. The quantitative estimate of drug-likeness (QED) is 0.211. The average Bonchev–Trinajstić information content (AvgIpc) is 3.01. The minimum absolute atomic E-state index is 0.00821. The number of hydrogen-bond acceptors (Lipinski definition) is 8. The van der Waals surface area contributed by atoms with Crippen molar-refractivity contribution >= 4 is 174 Å². The smallest absolute Gasteiger partial charge is 0.236 e. The predicted octanol–water partition coefficient (Wildman–Crippen LogP) is 13.5. The molecule has 0 amide bonds. The number of aromatic nitrogens is 3. The number of methoxy groups -OCH3 is 1. The van der Waals surface area contributed by atoms with Crippen LogP contribution in [-0.2, 0) is 11.4 Å². The van der Waals surface area contributed by atoms with E-state index in [0.29, 0.717) is 26.4 Å². The van der Waals surface area contributed by atoms with Gasteiger partial charge in [0.25, 0.3) is 0 Å². The Hall–Kier alpha value is 0.600. The van der Waals surface area contributed by atoms with Crippen LogP contribution < -0.4 is 29.1 Å². The normalized spacial score (nSPS) is 11.5. The van der Waals surface area contributed by atoms with Crippen molar-refractivity contribution in [3.05, 3.63) is 57.4 Å². The van der Waals surface area contributed by atoms with Gasteiger partial charge in [-0.2, -0.15) is 0 Å². The highest BCUT2D eigenvalue weighted by atomic mass is 35.6. The second-order valence-corrected chi connectivity index (χ2v) is 17.8. The zero-order valence-corrected chi connectivity index (χ0v) is 37.7. The Morgan fingerprint density at radius 1 is 0.529 bits per heavy atom. The van der Waals surface area contributed by atoms with Gasteiger partial charge in [-0.3, -0.25) is 4.79 Å². The molecule has 3 heterocycles. The molecule has 3 rings (SSSR count). The van der Waals surface area contributed by atoms with E-state index in [1.807, 2.05) is 0 Å². The highest BCUT2D eigenvalue weighted by molar-refractivity contribution is 6.68. The average molecular weight is 1020 g/mol. The number of halogens is 15. The van der Waals surface area contributed by atoms with Gasteiger partial charge in [0.05, 0.1) is 39.2 Å². The molecule has 0 saturated heterocycles. The second-order valence-electron chi connectivity index (χ2n) is 8.66. The van der Waals surface area contributed by atoms with Crippen LogP contribution in [0.2, 0.25) is 30.1 Å². The van der Waals surface area contributed by atoms with Gasteiger partial charge in [-0.05, 0) is 27.7 Å². The molecule has 0 aromatic carbocycles. The van der Waals surface area contributed by atoms with Crippen LogP contribution in [-0.4, -0.2) is 48.5 Å². The molecule has 0 aliphatic heterocycles. The van der Waals surface area contributed by atoms with Gasteiger partial charge in [-0.25, -0.2) is 9.97 Å². The second kappa shape index (κ2) is 21.8. The molecule has 0 saturated carbocycles. The van der Waals surface area contributed by atoms with E-state index in [2.05, 4.69) is 15.0 Å². The Labute approximate surface area is 368 Å². The van der Waals surface area contributed by atoms with Gasteiger partial charge in [0.15, 0.2) is 11.5 Å². The van der Waals surface area contributed by atoms with Crippen molar-refractivity contribution in [2.45, 2.75) is 39.1 Å². The fraction of sp³-hybridized carbons (Fsp3) is 0.444. The minimum Gasteiger partial charge on any atom is -0.493 e. The summed E-state index contributed by atoms with van der Waals surface area (Å²) in [6, 6.07) is 0. The van der Waals surface area contributed by atoms with Crippen LogP contribution in [0.25, 0.3) is 0 Å². The molecule has 288 valence electrons. The number of H-pyrrole nitrogens is 1. The van der Waals surface area contributed by atoms with Gasteiger partial charge in [0.1, 0.15) is 41.5 Å². The van der Waals surface area contributed by atoms with Crippen molar-refractivity contribution < 1.29 is 23.7 Å². The van der Waals surface area contributed by atoms with E-state index in [1.54, 1.807) is 27.7 Å². The maximum atomic E-state index is 11.6. The lowest BCUT2D eigenvalue weighted by Crippen LogP contribution is -2.16. The van der Waals surface area contributed by atoms with Crippen LogP contribution in [0.3, 0.4) is 0 Å². The highest BCUT2D eigenvalue weighted by Crippen LogP contribution is 2.50. The van der Waals surface area contributed by atoms with E-state index >= 15 is 0 Å². The summed E-state index contributed by atoms with van der Waals surface area (Å²) < 4.78 is 20.5. The topological polar surface area (TPSA) is 105 Å². The van der Waals surface area contributed by atoms with Gasteiger partial charge < -0.3 is 28.7 Å². The Bertz CT molecular complexity index is 1690. The molecule has 51 heavy (non-hydrogen) atoms. The third kappa shape index (κ3) is 13.9. The summed E-state index contributed by atoms with van der Waals surface area (Å²) in [5, 5.41) is -0.0522. The lowest BCUT2D eigenvalue weighted by molar-refractivity contribution is 0.313. The number of aromatic amines is 1. The third-order valence-electron chi connectivity index (χ3n) is 5.24. The lowest BCUT2D eigenvalue weighted by atomic mass is 10.3. The van der Waals surface area contributed by atoms with Crippen LogP contribution in [0.15, 0.2) is 4.79 Å². The number of ether oxygens (including phenoxy) is 5. The fourth-order valence-electron chi connectivity index (χ4n) is 3.27. The van der Waals surface area contributed by atoms with E-state index in [0.717, 1.165) is 0 Å². The van der Waals surface area contributed by atoms with Crippen molar-refractivity contribution in [3.63, 3.8) is 0 Å². The van der Waals surface area contributed by atoms with Crippen LogP contribution >= 0.6 is 174 Å². The Morgan fingerprint density at radius 3 is 1.27 bits per heavy atom. The number of pyridine rings is 3. The number of alkyl halides is 9. The van der Waals surface area contributed by atoms with Gasteiger partial charge >= 0.3 is 0 Å². The number of hydrogen-bond donors (Lipinski definition) is 1. The largest absolute Gasteiger partial charge is 0.493 e. The zero-order chi connectivity index (χ0) is 39.6. The van der Waals surface area contributed by atoms with Gasteiger partial charge in [0, 0.05) is 0 Å². The molecule has 0 atom stereocenters. The first-order chi connectivity index (χ1) is 23.4. The summed E-state index contributed by atoms with van der Waals surface area (Å²) in [6.07, 6.45) is 0. The minimum atomic E-state index is -1.85. The number of nitrogens with one attached hydrogen (secondary N) is 1. The molecule has 24 heteroatoms. The summed E-state index contributed by atoms with van der Waals surface area (Å²) in [5.74, 6) is 0.610. The van der Waals surface area contributed by atoms with Crippen LogP contribution in [0.5, 0.6) is 29.1 Å². The van der Waals surface area contributed by atoms with E-state index in [4.69, 9.17) is 198 Å². The molecule has 0 radical (unpaired) electrons. The highest BCUT2D eigenvalue weighted by Gasteiger charge is 2.34. The van der Waals surface area contributed by atoms with Crippen molar-refractivity contribution in [3.8, 4) is 29.1 Å². The van der Waals surface area contributed by atoms with E-state index < -0.39 is 16.8 Å². The zero-order valence-electron chi connectivity index (χ0n) is 26.3. The van der Waals surface area contributed by atoms with Gasteiger partial charge in [-0.15, -0.1) is 0 Å². The maximum Gasteiger partial charge on any atom is 0.236 e. The van der Waals surface area contributed by atoms with E-state index in [9.17, 15) is 4.79 Å². The van der Waals surface area contributed by atoms with Gasteiger partial charge in [-0.1, -0.05) is 174 Å². The number of rotatable bonds is 9. The molecule has 0 spiro atoms. The fourth-order valence-corrected chi connectivity index (χ4v) is 6.78. The van der Waals surface area contributed by atoms with Crippen LogP contribution in [0.1, 0.15) is 44.8 Å². The monoisotopic (exact) mass is 1010 g/mol. The summed E-state index contributed by atoms with van der Waals surface area (Å²) >= 11 is 87.1. The molecule has 0 aliphatic rings. The van der Waals surface area contributed by atoms with Crippen molar-refractivity contribution in [1.29, 1.82) is 0 Å². The first-order valence-corrected chi connectivity index (χ1v) is 19.3. The van der Waals surface area contributed by atoms with Gasteiger partial charge in [0.2, 0.25) is 34.4 Å². The summed E-state index contributed by atoms with van der Waals surface area (Å²) in [7, 11) is 1.39. The van der Waals surface area contributed by atoms with Crippen molar-refractivity contribution in [2.24, 2.45) is 0 Å². The molecule has 0 bridgehead atoms. The first kappa shape index (κ1) is 49.6. The Morgan fingerprint density at radius 2 is 0.922 bits per heavy atom. The maximum absolute atomic E-state index is 11.6. The SMILES string of the molecule is CCOc1[nH]c(C(Cl)(Cl)Cl)c(Cl)c(=O)c1Cl.CCOc1nc(C(Cl)(Cl)Cl)c(Cl)c(OC)c1Cl.CCOc1nc(C(Cl)(Cl)Cl)c(Cl)c(OCC)c1Cl. The number of nitrogens with zero attached hydrogens (tertiary/aromatic N) is 2. The summed E-state index contributed by atoms with van der Waals surface area (Å²) in [4.78, 5) is 22.2. The molecular formula is C27H24Cl15N3O6. The van der Waals surface area contributed by atoms with E-state index in [-0.39, 0.29) is 76.4 Å². The molecule has 3 aromatic rings. The molecule has 0 aliphatic carbocycles. The third-order valence-corrected chi connectivity index (χ3v) is 8.95. The molecular weight excluding hydrogens is 994 g/mol. The molecule has 0 fully saturated rings. The van der Waals surface area contributed by atoms with Crippen LogP contribution in [0.4, 0.5) is 0 Å². The molecule has 3 aromatic heterocycles. The standard InChI is InChI=1S/C10H10Cl5NO2.C9H8Cl5NO2.C8H6Cl5NO2/c1-3-17-7-5(11)8(10(13,14)15)16-9(6(7)12)18-4-2;1-3-17-8-5(11)6(16-2)4(10)7(15-8)9(12,13)14;1-2-16-7-4(10)5(15)3(9)6(14-7)8(11,12)13/h3-4H2,1-2H3;3H2,1-2H3;2H2,1H3,(H,14,15). The first-order valence-electron chi connectivity index (χ1n) is 13.6.